The van der Waals surface area contributed by atoms with Crippen molar-refractivity contribution in [2.24, 2.45) is 0 Å². The van der Waals surface area contributed by atoms with Crippen LogP contribution in [-0.2, 0) is 32.7 Å². The smallest absolute Gasteiger partial charge is 0.472 e. The Morgan fingerprint density at radius 1 is 0.615 bits per heavy atom. The van der Waals surface area contributed by atoms with Gasteiger partial charge in [-0.3, -0.25) is 18.6 Å². The molecule has 0 aromatic rings. The lowest BCUT2D eigenvalue weighted by Crippen LogP contribution is -2.43. The van der Waals surface area contributed by atoms with Crippen LogP contribution in [-0.4, -0.2) is 64.9 Å². The van der Waals surface area contributed by atoms with Gasteiger partial charge in [0, 0.05) is 12.8 Å². The van der Waals surface area contributed by atoms with Crippen LogP contribution in [0, 0.1) is 0 Å². The molecule has 0 saturated carbocycles. The second-order valence-corrected chi connectivity index (χ2v) is 14.6. The molecule has 0 bridgehead atoms. The maximum atomic E-state index is 12.2. The first-order valence-electron chi connectivity index (χ1n) is 19.7. The van der Waals surface area contributed by atoms with Gasteiger partial charge in [0.1, 0.15) is 12.7 Å². The molecule has 0 rings (SSSR count). The lowest BCUT2D eigenvalue weighted by molar-refractivity contribution is -0.147. The number of carbonyl (C=O) groups is 3. The number of carboxylic acid groups (broad SMARTS) is 1. The van der Waals surface area contributed by atoms with Gasteiger partial charge < -0.3 is 25.2 Å². The number of aliphatic carboxylic acids is 1. The molecule has 0 aromatic carbocycles. The molecule has 1 amide bonds. The molecule has 300 valence electrons. The highest BCUT2D eigenvalue weighted by molar-refractivity contribution is 7.47. The van der Waals surface area contributed by atoms with Crippen LogP contribution >= 0.6 is 7.82 Å². The third-order valence-corrected chi connectivity index (χ3v) is 9.07. The Bertz CT molecular complexity index is 1070. The predicted octanol–water partition coefficient (Wildman–Crippen LogP) is 9.44. The third kappa shape index (κ3) is 34.5. The lowest BCUT2D eigenvalue weighted by atomic mass is 10.1. The average molecular weight is 756 g/mol. The lowest BCUT2D eigenvalue weighted by Gasteiger charge is -2.18. The van der Waals surface area contributed by atoms with E-state index in [0.717, 1.165) is 83.5 Å². The fourth-order valence-electron chi connectivity index (χ4n) is 5.00. The number of phosphoric ester groups is 1. The van der Waals surface area contributed by atoms with Gasteiger partial charge in [-0.25, -0.2) is 9.36 Å². The molecule has 0 fully saturated rings. The number of esters is 1. The van der Waals surface area contributed by atoms with Crippen molar-refractivity contribution in [3.05, 3.63) is 48.6 Å². The van der Waals surface area contributed by atoms with Crippen LogP contribution in [0.2, 0.25) is 0 Å². The minimum absolute atomic E-state index is 0.142. The maximum absolute atomic E-state index is 12.2. The zero-order valence-corrected chi connectivity index (χ0v) is 33.0. The highest BCUT2D eigenvalue weighted by Gasteiger charge is 2.28. The van der Waals surface area contributed by atoms with E-state index in [1.54, 1.807) is 0 Å². The minimum Gasteiger partial charge on any atom is -0.480 e. The largest absolute Gasteiger partial charge is 0.480 e. The van der Waals surface area contributed by atoms with Gasteiger partial charge in [-0.05, 0) is 57.8 Å². The summed E-state index contributed by atoms with van der Waals surface area (Å²) in [5, 5.41) is 21.6. The van der Waals surface area contributed by atoms with E-state index >= 15 is 0 Å². The number of ether oxygens (including phenoxy) is 1. The maximum Gasteiger partial charge on any atom is 0.472 e. The standard InChI is InChI=1S/C40H70NO10P/c1-3-5-7-9-11-12-13-14-15-16-17-18-19-20-21-22-23-24-26-28-30-32-39(44)49-33-36(42)34-50-52(47,48)51-35-37(40(45)46)41-38(43)31-29-27-25-10-8-6-4-2/h11-12,14-15,17-18,20-21,36-37,42H,3-10,13,16,19,22-35H2,1-2H3,(H,41,43)(H,45,46)(H,47,48)/b12-11-,15-14-,18-17-,21-20-. The second-order valence-electron chi connectivity index (χ2n) is 13.1. The van der Waals surface area contributed by atoms with Gasteiger partial charge >= 0.3 is 19.8 Å². The molecule has 0 saturated heterocycles. The number of hydrogen-bond donors (Lipinski definition) is 4. The molecule has 0 aromatic heterocycles. The van der Waals surface area contributed by atoms with E-state index < -0.39 is 57.6 Å². The first-order valence-corrected chi connectivity index (χ1v) is 21.2. The number of hydrogen-bond acceptors (Lipinski definition) is 8. The van der Waals surface area contributed by atoms with E-state index in [-0.39, 0.29) is 12.8 Å². The fraction of sp³-hybridized carbons (Fsp3) is 0.725. The summed E-state index contributed by atoms with van der Waals surface area (Å²) in [6, 6.07) is -1.54. The summed E-state index contributed by atoms with van der Waals surface area (Å²) in [5.74, 6) is -2.41. The number of aliphatic hydroxyl groups is 1. The number of amides is 1. The topological polar surface area (TPSA) is 169 Å². The van der Waals surface area contributed by atoms with Crippen molar-refractivity contribution in [1.82, 2.24) is 5.32 Å². The first kappa shape index (κ1) is 49.4. The summed E-state index contributed by atoms with van der Waals surface area (Å²) in [7, 11) is -4.75. The Kier molecular flexibility index (Phi) is 33.7. The average Bonchev–Trinajstić information content (AvgIpc) is 3.11. The summed E-state index contributed by atoms with van der Waals surface area (Å²) >= 11 is 0. The van der Waals surface area contributed by atoms with Gasteiger partial charge in [0.25, 0.3) is 0 Å². The van der Waals surface area contributed by atoms with Crippen molar-refractivity contribution in [2.45, 2.75) is 167 Å². The van der Waals surface area contributed by atoms with E-state index in [0.29, 0.717) is 12.8 Å². The Morgan fingerprint density at radius 2 is 1.06 bits per heavy atom. The normalized spacial score (nSPS) is 14.4. The molecule has 52 heavy (non-hydrogen) atoms. The molecular formula is C40H70NO10P. The van der Waals surface area contributed by atoms with Crippen LogP contribution < -0.4 is 5.32 Å². The van der Waals surface area contributed by atoms with Gasteiger partial charge in [-0.2, -0.15) is 0 Å². The molecule has 4 N–H and O–H groups in total. The molecule has 0 heterocycles. The van der Waals surface area contributed by atoms with Gasteiger partial charge in [0.05, 0.1) is 13.2 Å². The van der Waals surface area contributed by atoms with Gasteiger partial charge in [0.15, 0.2) is 6.04 Å². The number of phosphoric acid groups is 1. The van der Waals surface area contributed by atoms with E-state index in [4.69, 9.17) is 13.8 Å². The van der Waals surface area contributed by atoms with Crippen molar-refractivity contribution < 1.29 is 47.8 Å². The van der Waals surface area contributed by atoms with E-state index in [1.807, 2.05) is 0 Å². The number of nitrogens with one attached hydrogen (secondary N) is 1. The van der Waals surface area contributed by atoms with Crippen LogP contribution in [0.5, 0.6) is 0 Å². The molecule has 3 atom stereocenters. The molecular weight excluding hydrogens is 685 g/mol. The van der Waals surface area contributed by atoms with Gasteiger partial charge in [0.2, 0.25) is 5.91 Å². The SMILES string of the molecule is CCCCC/C=C\C/C=C\C/C=C\C/C=C\CCCCCCCC(=O)OCC(O)COP(=O)(O)OCC(NC(=O)CCCCCCCCC)C(=O)O. The Labute approximate surface area is 314 Å². The number of carbonyl (C=O) groups excluding carboxylic acids is 2. The number of aliphatic hydroxyl groups excluding tert-OH is 1. The Balaban J connectivity index is 3.91. The molecule has 0 aliphatic carbocycles. The van der Waals surface area contributed by atoms with E-state index in [1.165, 1.54) is 32.1 Å². The fourth-order valence-corrected chi connectivity index (χ4v) is 5.77. The minimum atomic E-state index is -4.75. The summed E-state index contributed by atoms with van der Waals surface area (Å²) in [5.41, 5.74) is 0. The van der Waals surface area contributed by atoms with Crippen molar-refractivity contribution in [3.63, 3.8) is 0 Å². The van der Waals surface area contributed by atoms with E-state index in [9.17, 15) is 34.1 Å². The highest BCUT2D eigenvalue weighted by atomic mass is 31.2. The molecule has 12 heteroatoms. The quantitative estimate of drug-likeness (QED) is 0.0209. The molecule has 3 unspecified atom stereocenters. The Morgan fingerprint density at radius 3 is 1.62 bits per heavy atom. The second kappa shape index (κ2) is 35.5. The van der Waals surface area contributed by atoms with Gasteiger partial charge in [-0.15, -0.1) is 0 Å². The summed E-state index contributed by atoms with van der Waals surface area (Å²) in [4.78, 5) is 45.5. The number of carboxylic acids is 1. The number of unbranched alkanes of at least 4 members (excludes halogenated alkanes) is 14. The van der Waals surface area contributed by atoms with Crippen molar-refractivity contribution in [1.29, 1.82) is 0 Å². The summed E-state index contributed by atoms with van der Waals surface area (Å²) in [6.45, 7) is 2.45. The molecule has 0 aliphatic rings. The highest BCUT2D eigenvalue weighted by Crippen LogP contribution is 2.43. The Hall–Kier alpha value is -2.56. The van der Waals surface area contributed by atoms with Crippen molar-refractivity contribution in [2.75, 3.05) is 19.8 Å². The summed E-state index contributed by atoms with van der Waals surface area (Å²) in [6.07, 6.45) is 37.4. The van der Waals surface area contributed by atoms with Crippen LogP contribution in [0.1, 0.15) is 155 Å². The van der Waals surface area contributed by atoms with Crippen LogP contribution in [0.4, 0.5) is 0 Å². The van der Waals surface area contributed by atoms with Crippen molar-refractivity contribution in [3.8, 4) is 0 Å². The number of allylic oxidation sites excluding steroid dienone is 8. The van der Waals surface area contributed by atoms with E-state index in [2.05, 4.69) is 67.8 Å². The third-order valence-electron chi connectivity index (χ3n) is 8.12. The zero-order chi connectivity index (χ0) is 38.5. The monoisotopic (exact) mass is 755 g/mol. The molecule has 0 aliphatic heterocycles. The van der Waals surface area contributed by atoms with Crippen molar-refractivity contribution >= 4 is 25.7 Å². The zero-order valence-electron chi connectivity index (χ0n) is 32.1. The van der Waals surface area contributed by atoms with Crippen LogP contribution in [0.25, 0.3) is 0 Å². The summed E-state index contributed by atoms with van der Waals surface area (Å²) < 4.78 is 26.6. The molecule has 0 radical (unpaired) electrons. The van der Waals surface area contributed by atoms with Gasteiger partial charge in [-0.1, -0.05) is 133 Å². The number of rotatable bonds is 36. The van der Waals surface area contributed by atoms with Crippen LogP contribution in [0.15, 0.2) is 48.6 Å². The molecule has 11 nitrogen and oxygen atoms in total. The predicted molar refractivity (Wildman–Crippen MR) is 208 cm³/mol. The van der Waals surface area contributed by atoms with Crippen LogP contribution in [0.3, 0.4) is 0 Å². The first-order chi connectivity index (χ1) is 25.1. The molecule has 0 spiro atoms.